The number of imide groups is 1. The Morgan fingerprint density at radius 3 is 2.68 bits per heavy atom. The molecule has 2 fully saturated rings. The Kier molecular flexibility index (Phi) is 3.55. The molecule has 8 nitrogen and oxygen atoms in total. The zero-order chi connectivity index (χ0) is 17.7. The maximum Gasteiger partial charge on any atom is 0.257 e. The molecule has 0 radical (unpaired) electrons. The van der Waals surface area contributed by atoms with Gasteiger partial charge in [0.2, 0.25) is 11.8 Å². The first-order valence-electron chi connectivity index (χ1n) is 8.37. The number of nitrogens with zero attached hydrogens (tertiary/aromatic N) is 3. The maximum atomic E-state index is 12.8. The maximum absolute atomic E-state index is 12.8. The van der Waals surface area contributed by atoms with Gasteiger partial charge in [0.25, 0.3) is 5.91 Å². The molecule has 1 aromatic rings. The fourth-order valence-corrected chi connectivity index (χ4v) is 3.73. The average molecular weight is 342 g/mol. The topological polar surface area (TPSA) is 99.7 Å². The van der Waals surface area contributed by atoms with Crippen LogP contribution in [0.25, 0.3) is 0 Å². The lowest BCUT2D eigenvalue weighted by molar-refractivity contribution is -0.137. The Bertz CT molecular complexity index is 787. The molecule has 4 rings (SSSR count). The van der Waals surface area contributed by atoms with Crippen LogP contribution >= 0.6 is 0 Å². The summed E-state index contributed by atoms with van der Waals surface area (Å²) < 4.78 is 0. The Morgan fingerprint density at radius 2 is 2.00 bits per heavy atom. The lowest BCUT2D eigenvalue weighted by Gasteiger charge is -2.37. The van der Waals surface area contributed by atoms with Gasteiger partial charge in [-0.1, -0.05) is 0 Å². The number of aldehydes is 1. The fraction of sp³-hybridized carbons (Fsp3) is 0.471. The van der Waals surface area contributed by atoms with E-state index in [4.69, 9.17) is 0 Å². The molecular formula is C17H18N4O4. The highest BCUT2D eigenvalue weighted by Gasteiger charge is 2.44. The highest BCUT2D eigenvalue weighted by atomic mass is 16.2. The van der Waals surface area contributed by atoms with Gasteiger partial charge in [-0.15, -0.1) is 0 Å². The van der Waals surface area contributed by atoms with Crippen LogP contribution in [-0.4, -0.2) is 53.0 Å². The summed E-state index contributed by atoms with van der Waals surface area (Å²) in [6.45, 7) is 3.11. The summed E-state index contributed by atoms with van der Waals surface area (Å²) in [6.07, 6.45) is 1.50. The number of anilines is 1. The largest absolute Gasteiger partial charge is 0.355 e. The van der Waals surface area contributed by atoms with Crippen LogP contribution in [0.2, 0.25) is 0 Å². The molecule has 0 aromatic carbocycles. The predicted octanol–water partition coefficient (Wildman–Crippen LogP) is 0.0387. The van der Waals surface area contributed by atoms with E-state index in [1.165, 1.54) is 4.90 Å². The minimum absolute atomic E-state index is 0.0362. The van der Waals surface area contributed by atoms with Crippen molar-refractivity contribution in [3.05, 3.63) is 23.4 Å². The number of nitrogens with one attached hydrogen (secondary N) is 1. The molecule has 3 amide bonds. The number of fused-ring (bicyclic) bond motifs is 1. The van der Waals surface area contributed by atoms with E-state index < -0.39 is 11.9 Å². The summed E-state index contributed by atoms with van der Waals surface area (Å²) in [5.74, 6) is -0.192. The Morgan fingerprint density at radius 1 is 1.24 bits per heavy atom. The van der Waals surface area contributed by atoms with Crippen LogP contribution in [0.15, 0.2) is 12.1 Å². The minimum Gasteiger partial charge on any atom is -0.355 e. The first-order chi connectivity index (χ1) is 12.0. The fourth-order valence-electron chi connectivity index (χ4n) is 3.73. The summed E-state index contributed by atoms with van der Waals surface area (Å²) in [5, 5.41) is 2.30. The second kappa shape index (κ2) is 5.65. The molecule has 8 heteroatoms. The number of carbonyl (C=O) groups excluding carboxylic acids is 4. The van der Waals surface area contributed by atoms with Crippen molar-refractivity contribution in [2.24, 2.45) is 5.92 Å². The zero-order valence-electron chi connectivity index (χ0n) is 13.8. The molecule has 25 heavy (non-hydrogen) atoms. The predicted molar refractivity (Wildman–Crippen MR) is 86.8 cm³/mol. The lowest BCUT2D eigenvalue weighted by Crippen LogP contribution is -2.53. The third-order valence-electron chi connectivity index (χ3n) is 5.16. The van der Waals surface area contributed by atoms with Crippen molar-refractivity contribution < 1.29 is 19.2 Å². The Hall–Kier alpha value is -2.77. The summed E-state index contributed by atoms with van der Waals surface area (Å²) in [5.41, 5.74) is 1.13. The molecule has 1 aromatic heterocycles. The highest BCUT2D eigenvalue weighted by Crippen LogP contribution is 2.37. The molecule has 2 atom stereocenters. The SMILES string of the molecule is CC1c2nc(N3CC(C=O)C3)ccc2C(=O)N1C1CCC(=O)NC1=O. The van der Waals surface area contributed by atoms with Gasteiger partial charge in [-0.2, -0.15) is 0 Å². The van der Waals surface area contributed by atoms with Gasteiger partial charge in [0.15, 0.2) is 0 Å². The smallest absolute Gasteiger partial charge is 0.257 e. The van der Waals surface area contributed by atoms with Gasteiger partial charge >= 0.3 is 0 Å². The van der Waals surface area contributed by atoms with Gasteiger partial charge in [0.1, 0.15) is 18.1 Å². The summed E-state index contributed by atoms with van der Waals surface area (Å²) in [6, 6.07) is 2.52. The number of rotatable bonds is 3. The van der Waals surface area contributed by atoms with Crippen LogP contribution in [-0.2, 0) is 14.4 Å². The van der Waals surface area contributed by atoms with Gasteiger partial charge in [-0.3, -0.25) is 19.7 Å². The van der Waals surface area contributed by atoms with Crippen molar-refractivity contribution in [1.29, 1.82) is 0 Å². The molecule has 4 heterocycles. The second-order valence-corrected chi connectivity index (χ2v) is 6.76. The normalized spacial score (nSPS) is 26.4. The third kappa shape index (κ3) is 2.40. The van der Waals surface area contributed by atoms with Gasteiger partial charge in [-0.05, 0) is 25.5 Å². The van der Waals surface area contributed by atoms with E-state index in [0.29, 0.717) is 30.8 Å². The number of hydrogen-bond donors (Lipinski definition) is 1. The third-order valence-corrected chi connectivity index (χ3v) is 5.16. The molecule has 0 aliphatic carbocycles. The van der Waals surface area contributed by atoms with Gasteiger partial charge < -0.3 is 14.6 Å². The van der Waals surface area contributed by atoms with E-state index in [0.717, 1.165) is 12.1 Å². The first-order valence-corrected chi connectivity index (χ1v) is 8.37. The summed E-state index contributed by atoms with van der Waals surface area (Å²) in [4.78, 5) is 55.1. The standard InChI is InChI=1S/C17H18N4O4/c1-9-15-11(2-4-13(18-15)20-6-10(7-20)8-22)17(25)21(9)12-3-5-14(23)19-16(12)24/h2,4,8-10,12H,3,5-7H2,1H3,(H,19,23,24). The Balaban J connectivity index is 1.59. The van der Waals surface area contributed by atoms with Crippen LogP contribution < -0.4 is 10.2 Å². The zero-order valence-corrected chi connectivity index (χ0v) is 13.8. The van der Waals surface area contributed by atoms with Crippen molar-refractivity contribution in [2.75, 3.05) is 18.0 Å². The molecule has 0 spiro atoms. The first kappa shape index (κ1) is 15.7. The van der Waals surface area contributed by atoms with Crippen molar-refractivity contribution in [3.63, 3.8) is 0 Å². The van der Waals surface area contributed by atoms with Crippen LogP contribution in [0.3, 0.4) is 0 Å². The van der Waals surface area contributed by atoms with E-state index in [1.807, 2.05) is 11.8 Å². The van der Waals surface area contributed by atoms with Crippen molar-refractivity contribution in [1.82, 2.24) is 15.2 Å². The number of carbonyl (C=O) groups is 4. The van der Waals surface area contributed by atoms with E-state index >= 15 is 0 Å². The van der Waals surface area contributed by atoms with Crippen LogP contribution in [0.4, 0.5) is 5.82 Å². The molecule has 0 saturated carbocycles. The van der Waals surface area contributed by atoms with E-state index in [1.54, 1.807) is 12.1 Å². The van der Waals surface area contributed by atoms with Crippen LogP contribution in [0.5, 0.6) is 0 Å². The van der Waals surface area contributed by atoms with Gasteiger partial charge in [0.05, 0.1) is 17.3 Å². The number of aromatic nitrogens is 1. The second-order valence-electron chi connectivity index (χ2n) is 6.76. The minimum atomic E-state index is -0.652. The molecule has 2 unspecified atom stereocenters. The van der Waals surface area contributed by atoms with Crippen molar-refractivity contribution in [2.45, 2.75) is 31.8 Å². The van der Waals surface area contributed by atoms with Crippen LogP contribution in [0.1, 0.15) is 41.9 Å². The molecular weight excluding hydrogens is 324 g/mol. The van der Waals surface area contributed by atoms with E-state index in [2.05, 4.69) is 10.3 Å². The Labute approximate surface area is 144 Å². The molecule has 3 aliphatic rings. The van der Waals surface area contributed by atoms with E-state index in [-0.39, 0.29) is 30.2 Å². The van der Waals surface area contributed by atoms with E-state index in [9.17, 15) is 19.2 Å². The monoisotopic (exact) mass is 342 g/mol. The molecule has 3 aliphatic heterocycles. The molecule has 130 valence electrons. The van der Waals surface area contributed by atoms with Crippen molar-refractivity contribution in [3.8, 4) is 0 Å². The van der Waals surface area contributed by atoms with Gasteiger partial charge in [0, 0.05) is 25.4 Å². The average Bonchev–Trinajstić information content (AvgIpc) is 2.78. The summed E-state index contributed by atoms with van der Waals surface area (Å²) in [7, 11) is 0. The number of piperidine rings is 1. The number of amides is 3. The number of hydrogen-bond acceptors (Lipinski definition) is 6. The quantitative estimate of drug-likeness (QED) is 0.615. The lowest BCUT2D eigenvalue weighted by atomic mass is 10.0. The van der Waals surface area contributed by atoms with Gasteiger partial charge in [-0.25, -0.2) is 4.98 Å². The van der Waals surface area contributed by atoms with Crippen LogP contribution in [0, 0.1) is 5.92 Å². The molecule has 1 N–H and O–H groups in total. The van der Waals surface area contributed by atoms with Crippen molar-refractivity contribution >= 4 is 29.8 Å². The molecule has 2 saturated heterocycles. The highest BCUT2D eigenvalue weighted by molar-refractivity contribution is 6.05. The number of pyridine rings is 1. The summed E-state index contributed by atoms with van der Waals surface area (Å²) >= 11 is 0. The molecule has 0 bridgehead atoms.